The van der Waals surface area contributed by atoms with E-state index in [1.807, 2.05) is 41.5 Å². The Hall–Kier alpha value is -2.16. The first-order valence-electron chi connectivity index (χ1n) is 10.7. The number of nitrogens with one attached hydrogen (secondary N) is 3. The third-order valence-electron chi connectivity index (χ3n) is 4.37. The molecule has 3 atom stereocenters. The second-order valence-electron chi connectivity index (χ2n) is 9.06. The summed E-state index contributed by atoms with van der Waals surface area (Å²) in [6.07, 6.45) is 0.578. The lowest BCUT2D eigenvalue weighted by Crippen LogP contribution is -2.56. The summed E-state index contributed by atoms with van der Waals surface area (Å²) in [5, 5.41) is 17.0. The van der Waals surface area contributed by atoms with E-state index in [4.69, 9.17) is 10.8 Å². The maximum absolute atomic E-state index is 12.9. The van der Waals surface area contributed by atoms with Crippen molar-refractivity contribution in [2.45, 2.75) is 85.4 Å². The molecule has 0 aliphatic rings. The second-order valence-corrected chi connectivity index (χ2v) is 9.06. The molecule has 0 saturated carbocycles. The summed E-state index contributed by atoms with van der Waals surface area (Å²) in [7, 11) is 0. The molecule has 9 nitrogen and oxygen atoms in total. The molecule has 0 aliphatic heterocycles. The van der Waals surface area contributed by atoms with Gasteiger partial charge in [-0.15, -0.1) is 0 Å². The number of amides is 3. The van der Waals surface area contributed by atoms with Crippen LogP contribution in [0.1, 0.15) is 67.2 Å². The molecule has 0 fully saturated rings. The smallest absolute Gasteiger partial charge is 0.303 e. The summed E-state index contributed by atoms with van der Waals surface area (Å²) in [6.45, 7) is 12.2. The molecule has 0 heterocycles. The predicted molar refractivity (Wildman–Crippen MR) is 115 cm³/mol. The third kappa shape index (κ3) is 12.4. The van der Waals surface area contributed by atoms with Crippen molar-refractivity contribution < 1.29 is 24.3 Å². The number of rotatable bonds is 14. The molecule has 174 valence electrons. The Kier molecular flexibility index (Phi) is 12.9. The van der Waals surface area contributed by atoms with Crippen LogP contribution >= 0.6 is 0 Å². The van der Waals surface area contributed by atoms with Gasteiger partial charge in [0.1, 0.15) is 12.1 Å². The minimum atomic E-state index is -1.04. The summed E-state index contributed by atoms with van der Waals surface area (Å²) >= 11 is 0. The van der Waals surface area contributed by atoms with Gasteiger partial charge >= 0.3 is 5.97 Å². The molecule has 30 heavy (non-hydrogen) atoms. The molecule has 0 aromatic heterocycles. The number of hydrogen-bond donors (Lipinski definition) is 5. The van der Waals surface area contributed by atoms with Crippen molar-refractivity contribution in [2.75, 3.05) is 6.54 Å². The van der Waals surface area contributed by atoms with Gasteiger partial charge in [-0.25, -0.2) is 0 Å². The first kappa shape index (κ1) is 27.8. The van der Waals surface area contributed by atoms with Crippen LogP contribution in [0.4, 0.5) is 0 Å². The Morgan fingerprint density at radius 2 is 1.23 bits per heavy atom. The highest BCUT2D eigenvalue weighted by Gasteiger charge is 2.29. The molecular weight excluding hydrogens is 388 g/mol. The van der Waals surface area contributed by atoms with Crippen LogP contribution in [-0.2, 0) is 19.2 Å². The molecule has 9 heteroatoms. The highest BCUT2D eigenvalue weighted by Crippen LogP contribution is 2.10. The van der Waals surface area contributed by atoms with Crippen LogP contribution in [0, 0.1) is 17.8 Å². The van der Waals surface area contributed by atoms with Gasteiger partial charge in [0, 0.05) is 13.0 Å². The normalized spacial score (nSPS) is 14.3. The third-order valence-corrected chi connectivity index (χ3v) is 4.37. The van der Waals surface area contributed by atoms with Crippen molar-refractivity contribution >= 4 is 23.7 Å². The highest BCUT2D eigenvalue weighted by molar-refractivity contribution is 5.93. The Morgan fingerprint density at radius 1 is 0.767 bits per heavy atom. The second kappa shape index (κ2) is 14.0. The number of carbonyl (C=O) groups is 4. The zero-order chi connectivity index (χ0) is 23.4. The SMILES string of the molecule is CC(C)CNC(=O)C(CC(C)C)NC(=O)C(CC(C)C)NC(=O)C(N)CCC(=O)O. The van der Waals surface area contributed by atoms with E-state index < -0.39 is 35.9 Å². The minimum absolute atomic E-state index is 0.0230. The lowest BCUT2D eigenvalue weighted by Gasteiger charge is -2.26. The van der Waals surface area contributed by atoms with Gasteiger partial charge in [-0.1, -0.05) is 41.5 Å². The quantitative estimate of drug-likeness (QED) is 0.279. The molecule has 0 aliphatic carbocycles. The number of carboxylic acids is 1. The summed E-state index contributed by atoms with van der Waals surface area (Å²) in [4.78, 5) is 48.5. The van der Waals surface area contributed by atoms with Gasteiger partial charge in [-0.05, 0) is 37.0 Å². The van der Waals surface area contributed by atoms with Gasteiger partial charge in [0.25, 0.3) is 0 Å². The maximum atomic E-state index is 12.9. The lowest BCUT2D eigenvalue weighted by atomic mass is 9.99. The Morgan fingerprint density at radius 3 is 1.67 bits per heavy atom. The monoisotopic (exact) mass is 428 g/mol. The average Bonchev–Trinajstić information content (AvgIpc) is 2.61. The Labute approximate surface area is 179 Å². The number of aliphatic carboxylic acids is 1. The van der Waals surface area contributed by atoms with Crippen molar-refractivity contribution in [1.82, 2.24) is 16.0 Å². The molecule has 6 N–H and O–H groups in total. The molecule has 0 aromatic rings. The standard InChI is InChI=1S/C21H40N4O5/c1-12(2)9-16(20(29)23-11-14(5)6)25-21(30)17(10-13(3)4)24-19(28)15(22)7-8-18(26)27/h12-17H,7-11,22H2,1-6H3,(H,23,29)(H,24,28)(H,25,30)(H,26,27). The molecule has 0 saturated heterocycles. The molecule has 0 rings (SSSR count). The molecule has 0 radical (unpaired) electrons. The number of nitrogens with two attached hydrogens (primary N) is 1. The van der Waals surface area contributed by atoms with E-state index in [0.717, 1.165) is 0 Å². The van der Waals surface area contributed by atoms with E-state index in [-0.39, 0.29) is 36.5 Å². The van der Waals surface area contributed by atoms with Gasteiger partial charge in [0.2, 0.25) is 17.7 Å². The number of carbonyl (C=O) groups excluding carboxylic acids is 3. The molecule has 3 unspecified atom stereocenters. The fourth-order valence-electron chi connectivity index (χ4n) is 2.79. The van der Waals surface area contributed by atoms with Crippen LogP contribution in [-0.4, -0.2) is 53.5 Å². The van der Waals surface area contributed by atoms with Crippen LogP contribution in [0.25, 0.3) is 0 Å². The Bertz CT molecular complexity index is 578. The van der Waals surface area contributed by atoms with Crippen LogP contribution in [0.5, 0.6) is 0 Å². The fraction of sp³-hybridized carbons (Fsp3) is 0.810. The van der Waals surface area contributed by atoms with E-state index in [9.17, 15) is 19.2 Å². The number of carboxylic acid groups (broad SMARTS) is 1. The minimum Gasteiger partial charge on any atom is -0.481 e. The molecule has 0 bridgehead atoms. The van der Waals surface area contributed by atoms with Crippen molar-refractivity contribution in [3.8, 4) is 0 Å². The van der Waals surface area contributed by atoms with E-state index in [2.05, 4.69) is 16.0 Å². The van der Waals surface area contributed by atoms with Crippen molar-refractivity contribution in [1.29, 1.82) is 0 Å². The fourth-order valence-corrected chi connectivity index (χ4v) is 2.79. The summed E-state index contributed by atoms with van der Waals surface area (Å²) in [6, 6.07) is -2.59. The molecule has 0 spiro atoms. The first-order valence-corrected chi connectivity index (χ1v) is 10.7. The van der Waals surface area contributed by atoms with Gasteiger partial charge in [-0.3, -0.25) is 19.2 Å². The molecule has 3 amide bonds. The zero-order valence-corrected chi connectivity index (χ0v) is 19.2. The van der Waals surface area contributed by atoms with Crippen LogP contribution < -0.4 is 21.7 Å². The summed E-state index contributed by atoms with van der Waals surface area (Å²) in [5.74, 6) is -1.76. The van der Waals surface area contributed by atoms with Gasteiger partial charge in [-0.2, -0.15) is 0 Å². The Balaban J connectivity index is 5.19. The lowest BCUT2D eigenvalue weighted by molar-refractivity contribution is -0.137. The summed E-state index contributed by atoms with van der Waals surface area (Å²) < 4.78 is 0. The maximum Gasteiger partial charge on any atom is 0.303 e. The molecular formula is C21H40N4O5. The summed E-state index contributed by atoms with van der Waals surface area (Å²) in [5.41, 5.74) is 5.76. The highest BCUT2D eigenvalue weighted by atomic mass is 16.4. The van der Waals surface area contributed by atoms with Gasteiger partial charge in [0.05, 0.1) is 6.04 Å². The molecule has 0 aromatic carbocycles. The average molecular weight is 429 g/mol. The zero-order valence-electron chi connectivity index (χ0n) is 19.2. The van der Waals surface area contributed by atoms with Crippen molar-refractivity contribution in [3.05, 3.63) is 0 Å². The first-order chi connectivity index (χ1) is 13.8. The van der Waals surface area contributed by atoms with E-state index >= 15 is 0 Å². The topological polar surface area (TPSA) is 151 Å². The van der Waals surface area contributed by atoms with Crippen LogP contribution in [0.15, 0.2) is 0 Å². The van der Waals surface area contributed by atoms with Crippen LogP contribution in [0.2, 0.25) is 0 Å². The van der Waals surface area contributed by atoms with Gasteiger partial charge in [0.15, 0.2) is 0 Å². The van der Waals surface area contributed by atoms with E-state index in [1.165, 1.54) is 0 Å². The van der Waals surface area contributed by atoms with E-state index in [1.54, 1.807) is 0 Å². The van der Waals surface area contributed by atoms with Crippen LogP contribution in [0.3, 0.4) is 0 Å². The van der Waals surface area contributed by atoms with E-state index in [0.29, 0.717) is 19.4 Å². The number of hydrogen-bond acceptors (Lipinski definition) is 5. The van der Waals surface area contributed by atoms with Gasteiger partial charge < -0.3 is 26.8 Å². The van der Waals surface area contributed by atoms with Crippen molar-refractivity contribution in [3.63, 3.8) is 0 Å². The predicted octanol–water partition coefficient (Wildman–Crippen LogP) is 1.01. The van der Waals surface area contributed by atoms with Crippen molar-refractivity contribution in [2.24, 2.45) is 23.5 Å². The largest absolute Gasteiger partial charge is 0.481 e.